The van der Waals surface area contributed by atoms with E-state index in [4.69, 9.17) is 0 Å². The number of hydrogen-bond donors (Lipinski definition) is 0. The van der Waals surface area contributed by atoms with Gasteiger partial charge in [0.15, 0.2) is 0 Å². The number of carbonyl (C=O) groups is 1. The maximum atomic E-state index is 12.6. The number of halogens is 4. The molecule has 0 radical (unpaired) electrons. The van der Waals surface area contributed by atoms with Gasteiger partial charge in [0.2, 0.25) is 9.81 Å². The number of carbonyl (C=O) groups excluding carboxylic acids is 1. The summed E-state index contributed by atoms with van der Waals surface area (Å²) in [5.74, 6) is 0.00625. The van der Waals surface area contributed by atoms with Gasteiger partial charge >= 0.3 is 6.18 Å². The minimum atomic E-state index is -4.57. The van der Waals surface area contributed by atoms with Crippen LogP contribution in [0.15, 0.2) is 26.6 Å². The van der Waals surface area contributed by atoms with Gasteiger partial charge in [0.1, 0.15) is 5.69 Å². The molecule has 124 valence electrons. The number of alkyl halides is 3. The number of pyridine rings is 1. The molecule has 0 N–H and O–H groups in total. The fourth-order valence-electron chi connectivity index (χ4n) is 1.55. The van der Waals surface area contributed by atoms with Crippen LogP contribution in [0.1, 0.15) is 22.4 Å². The van der Waals surface area contributed by atoms with E-state index in [-0.39, 0.29) is 10.5 Å². The van der Waals surface area contributed by atoms with Crippen molar-refractivity contribution < 1.29 is 18.0 Å². The first kappa shape index (κ1) is 18.1. The van der Waals surface area contributed by atoms with E-state index in [0.29, 0.717) is 26.5 Å². The summed E-state index contributed by atoms with van der Waals surface area (Å²) >= 11 is 4.97. The zero-order valence-corrected chi connectivity index (χ0v) is 15.1. The molecule has 0 aromatic carbocycles. The maximum Gasteiger partial charge on any atom is 0.445 e. The lowest BCUT2D eigenvalue weighted by Crippen LogP contribution is -2.15. The van der Waals surface area contributed by atoms with Crippen molar-refractivity contribution >= 4 is 44.9 Å². The lowest BCUT2D eigenvalue weighted by atomic mass is 10.3. The van der Waals surface area contributed by atoms with Crippen LogP contribution in [0.3, 0.4) is 0 Å². The predicted molar refractivity (Wildman–Crippen MR) is 84.3 cm³/mol. The average molecular weight is 427 g/mol. The van der Waals surface area contributed by atoms with Gasteiger partial charge in [-0.1, -0.05) is 18.3 Å². The summed E-state index contributed by atoms with van der Waals surface area (Å²) in [6.45, 7) is 1.91. The molecule has 0 aliphatic rings. The molecule has 0 aliphatic carbocycles. The molecule has 0 bridgehead atoms. The second-order valence-electron chi connectivity index (χ2n) is 4.16. The summed E-state index contributed by atoms with van der Waals surface area (Å²) in [4.78, 5) is 20.5. The van der Waals surface area contributed by atoms with Crippen LogP contribution < -0.4 is 4.80 Å². The lowest BCUT2D eigenvalue weighted by Gasteiger charge is -2.04. The Morgan fingerprint density at radius 3 is 2.78 bits per heavy atom. The van der Waals surface area contributed by atoms with Crippen LogP contribution in [0.4, 0.5) is 13.2 Å². The Kier molecular flexibility index (Phi) is 5.63. The summed E-state index contributed by atoms with van der Waals surface area (Å²) in [5, 5.41) is 2.28. The topological polar surface area (TPSA) is 60.1 Å². The zero-order chi connectivity index (χ0) is 17.2. The molecule has 2 aromatic rings. The third-order valence-electron chi connectivity index (χ3n) is 2.47. The summed E-state index contributed by atoms with van der Waals surface area (Å²) in [6, 6.07) is 1.72. The molecule has 0 aliphatic heterocycles. The second kappa shape index (κ2) is 7.14. The van der Waals surface area contributed by atoms with Gasteiger partial charge in [0, 0.05) is 22.6 Å². The predicted octanol–water partition coefficient (Wildman–Crippen LogP) is 3.51. The van der Waals surface area contributed by atoms with E-state index in [2.05, 4.69) is 31.0 Å². The highest BCUT2D eigenvalue weighted by Gasteiger charge is 2.35. The van der Waals surface area contributed by atoms with Gasteiger partial charge in [0.25, 0.3) is 5.91 Å². The fraction of sp³-hybridized carbons (Fsp3) is 0.333. The summed E-state index contributed by atoms with van der Waals surface area (Å²) < 4.78 is 39.5. The third-order valence-corrected chi connectivity index (χ3v) is 4.86. The first-order chi connectivity index (χ1) is 10.7. The molecule has 0 spiro atoms. The molecular weight excluding hydrogens is 417 g/mol. The standard InChI is InChI=1S/C12H10BrF3N4OS2/c1-3-22-7-4-6(13)5-17-8(7)9(21)18-11-20(2)19-10(23-11)12(14,15)16/h4-5H,3H2,1-2H3. The van der Waals surface area contributed by atoms with Crippen molar-refractivity contribution in [1.82, 2.24) is 14.8 Å². The second-order valence-corrected chi connectivity index (χ2v) is 7.34. The van der Waals surface area contributed by atoms with Crippen molar-refractivity contribution in [3.05, 3.63) is 32.2 Å². The van der Waals surface area contributed by atoms with Crippen molar-refractivity contribution in [1.29, 1.82) is 0 Å². The monoisotopic (exact) mass is 426 g/mol. The van der Waals surface area contributed by atoms with E-state index < -0.39 is 17.1 Å². The first-order valence-corrected chi connectivity index (χ1v) is 8.80. The van der Waals surface area contributed by atoms with Gasteiger partial charge in [-0.05, 0) is 27.7 Å². The molecular formula is C12H10BrF3N4OS2. The summed E-state index contributed by atoms with van der Waals surface area (Å²) in [6.07, 6.45) is -3.13. The van der Waals surface area contributed by atoms with Crippen molar-refractivity contribution in [2.75, 3.05) is 5.75 Å². The Hall–Kier alpha value is -1.20. The van der Waals surface area contributed by atoms with Crippen LogP contribution in [0.5, 0.6) is 0 Å². The highest BCUT2D eigenvalue weighted by molar-refractivity contribution is 9.10. The molecule has 2 aromatic heterocycles. The van der Waals surface area contributed by atoms with E-state index in [0.717, 1.165) is 4.68 Å². The minimum absolute atomic E-state index is 0.0991. The largest absolute Gasteiger partial charge is 0.445 e. The number of aromatic nitrogens is 3. The molecule has 5 nitrogen and oxygen atoms in total. The number of nitrogens with zero attached hydrogens (tertiary/aromatic N) is 4. The van der Waals surface area contributed by atoms with Crippen LogP contribution in [0.25, 0.3) is 0 Å². The van der Waals surface area contributed by atoms with Crippen LogP contribution in [0, 0.1) is 0 Å². The Labute approximate surface area is 145 Å². The number of thioether (sulfide) groups is 1. The van der Waals surface area contributed by atoms with Gasteiger partial charge in [0.05, 0.1) is 0 Å². The Morgan fingerprint density at radius 2 is 2.22 bits per heavy atom. The number of amides is 1. The van der Waals surface area contributed by atoms with Crippen LogP contribution in [-0.2, 0) is 13.2 Å². The van der Waals surface area contributed by atoms with Crippen molar-refractivity contribution in [3.63, 3.8) is 0 Å². The Bertz CT molecular complexity index is 800. The van der Waals surface area contributed by atoms with Crippen molar-refractivity contribution in [2.24, 2.45) is 12.0 Å². The summed E-state index contributed by atoms with van der Waals surface area (Å²) in [7, 11) is 1.30. The van der Waals surface area contributed by atoms with Crippen LogP contribution >= 0.6 is 39.0 Å². The molecule has 0 saturated heterocycles. The van der Waals surface area contributed by atoms with Gasteiger partial charge in [-0.3, -0.25) is 4.79 Å². The number of aryl methyl sites for hydroxylation is 1. The van der Waals surface area contributed by atoms with Gasteiger partial charge in [-0.25, -0.2) is 9.67 Å². The highest BCUT2D eigenvalue weighted by Crippen LogP contribution is 2.29. The lowest BCUT2D eigenvalue weighted by molar-refractivity contribution is -0.138. The van der Waals surface area contributed by atoms with Gasteiger partial charge < -0.3 is 0 Å². The zero-order valence-electron chi connectivity index (χ0n) is 11.9. The first-order valence-electron chi connectivity index (χ1n) is 6.21. The SMILES string of the molecule is CCSc1cc(Br)cnc1C(=O)N=c1sc(C(F)(F)F)nn1C. The van der Waals surface area contributed by atoms with E-state index >= 15 is 0 Å². The molecule has 1 amide bonds. The molecule has 0 atom stereocenters. The van der Waals surface area contributed by atoms with E-state index in [1.807, 2.05) is 6.92 Å². The van der Waals surface area contributed by atoms with Gasteiger partial charge in [-0.15, -0.1) is 11.8 Å². The molecule has 0 unspecified atom stereocenters. The van der Waals surface area contributed by atoms with E-state index in [1.54, 1.807) is 6.07 Å². The molecule has 11 heteroatoms. The normalized spacial score (nSPS) is 12.7. The van der Waals surface area contributed by atoms with E-state index in [9.17, 15) is 18.0 Å². The van der Waals surface area contributed by atoms with E-state index in [1.165, 1.54) is 25.0 Å². The van der Waals surface area contributed by atoms with Crippen LogP contribution in [0.2, 0.25) is 0 Å². The van der Waals surface area contributed by atoms with Crippen molar-refractivity contribution in [2.45, 2.75) is 18.0 Å². The van der Waals surface area contributed by atoms with Crippen molar-refractivity contribution in [3.8, 4) is 0 Å². The molecule has 0 saturated carbocycles. The Morgan fingerprint density at radius 1 is 1.52 bits per heavy atom. The fourth-order valence-corrected chi connectivity index (χ4v) is 3.58. The highest BCUT2D eigenvalue weighted by atomic mass is 79.9. The number of hydrogen-bond acceptors (Lipinski definition) is 5. The molecule has 2 rings (SSSR count). The molecule has 0 fully saturated rings. The minimum Gasteiger partial charge on any atom is -0.265 e. The quantitative estimate of drug-likeness (QED) is 0.704. The Balaban J connectivity index is 2.45. The summed E-state index contributed by atoms with van der Waals surface area (Å²) in [5.41, 5.74) is 0.0991. The molecule has 2 heterocycles. The maximum absolute atomic E-state index is 12.6. The average Bonchev–Trinajstić information content (AvgIpc) is 2.80. The van der Waals surface area contributed by atoms with Crippen LogP contribution in [-0.4, -0.2) is 26.4 Å². The smallest absolute Gasteiger partial charge is 0.265 e. The number of rotatable bonds is 3. The van der Waals surface area contributed by atoms with Gasteiger partial charge in [-0.2, -0.15) is 23.3 Å². The molecule has 23 heavy (non-hydrogen) atoms. The third kappa shape index (κ3) is 4.42.